The summed E-state index contributed by atoms with van der Waals surface area (Å²) in [5.74, 6) is -0.0215. The van der Waals surface area contributed by atoms with Crippen LogP contribution in [0.15, 0.2) is 24.3 Å². The van der Waals surface area contributed by atoms with Crippen molar-refractivity contribution in [3.8, 4) is 5.75 Å². The van der Waals surface area contributed by atoms with Gasteiger partial charge in [-0.15, -0.1) is 0 Å². The lowest BCUT2D eigenvalue weighted by Gasteiger charge is -2.18. The van der Waals surface area contributed by atoms with Crippen LogP contribution in [0.25, 0.3) is 0 Å². The maximum absolute atomic E-state index is 10.9. The first-order chi connectivity index (χ1) is 9.10. The number of aliphatic carboxylic acids is 1. The number of carboxylic acids is 1. The first kappa shape index (κ1) is 13.8. The molecule has 1 aliphatic heterocycles. The van der Waals surface area contributed by atoms with Gasteiger partial charge in [0.1, 0.15) is 11.8 Å². The molecule has 0 aromatic heterocycles. The molecule has 0 saturated carbocycles. The molecule has 104 valence electrons. The zero-order chi connectivity index (χ0) is 13.8. The van der Waals surface area contributed by atoms with Gasteiger partial charge in [-0.3, -0.25) is 9.69 Å². The second-order valence-corrected chi connectivity index (χ2v) is 5.00. The van der Waals surface area contributed by atoms with Gasteiger partial charge in [-0.05, 0) is 36.6 Å². The molecular weight excluding hydrogens is 244 g/mol. The summed E-state index contributed by atoms with van der Waals surface area (Å²) >= 11 is 0. The van der Waals surface area contributed by atoms with Crippen molar-refractivity contribution in [1.29, 1.82) is 0 Å². The molecule has 1 saturated heterocycles. The second-order valence-electron chi connectivity index (χ2n) is 5.00. The molecule has 1 heterocycles. The van der Waals surface area contributed by atoms with Crippen LogP contribution in [0.5, 0.6) is 5.75 Å². The zero-order valence-corrected chi connectivity index (χ0v) is 11.1. The lowest BCUT2D eigenvalue weighted by molar-refractivity contribution is -0.139. The minimum Gasteiger partial charge on any atom is -0.497 e. The average molecular weight is 264 g/mol. The molecule has 5 nitrogen and oxygen atoms in total. The molecule has 0 aliphatic carbocycles. The zero-order valence-electron chi connectivity index (χ0n) is 11.1. The van der Waals surface area contributed by atoms with Gasteiger partial charge in [-0.2, -0.15) is 0 Å². The maximum atomic E-state index is 10.9. The van der Waals surface area contributed by atoms with Gasteiger partial charge in [0.2, 0.25) is 0 Å². The van der Waals surface area contributed by atoms with Crippen LogP contribution in [-0.2, 0) is 11.3 Å². The Morgan fingerprint density at radius 3 is 3.11 bits per heavy atom. The van der Waals surface area contributed by atoms with Gasteiger partial charge in [0.05, 0.1) is 7.11 Å². The smallest absolute Gasteiger partial charge is 0.320 e. The number of nitrogens with zero attached hydrogens (tertiary/aromatic N) is 1. The maximum Gasteiger partial charge on any atom is 0.320 e. The lowest BCUT2D eigenvalue weighted by atomic mass is 10.0. The van der Waals surface area contributed by atoms with Crippen molar-refractivity contribution < 1.29 is 14.6 Å². The van der Waals surface area contributed by atoms with Crippen LogP contribution in [0.2, 0.25) is 0 Å². The quantitative estimate of drug-likeness (QED) is 0.827. The lowest BCUT2D eigenvalue weighted by Crippen LogP contribution is -2.39. The third-order valence-electron chi connectivity index (χ3n) is 3.64. The van der Waals surface area contributed by atoms with E-state index in [1.165, 1.54) is 5.56 Å². The first-order valence-corrected chi connectivity index (χ1v) is 6.44. The molecule has 1 aliphatic rings. The standard InChI is InChI=1S/C14H20N2O3/c1-19-12-4-2-3-10(7-12)8-16-6-5-11(9-16)13(15)14(17)18/h2-4,7,11,13H,5-6,8-9,15H2,1H3,(H,17,18). The molecule has 2 unspecified atom stereocenters. The van der Waals surface area contributed by atoms with Crippen molar-refractivity contribution in [2.24, 2.45) is 11.7 Å². The van der Waals surface area contributed by atoms with Crippen LogP contribution >= 0.6 is 0 Å². The van der Waals surface area contributed by atoms with Crippen LogP contribution in [0.4, 0.5) is 0 Å². The summed E-state index contributed by atoms with van der Waals surface area (Å²) < 4.78 is 5.19. The van der Waals surface area contributed by atoms with E-state index in [1.54, 1.807) is 7.11 Å². The van der Waals surface area contributed by atoms with E-state index in [-0.39, 0.29) is 5.92 Å². The van der Waals surface area contributed by atoms with Crippen LogP contribution in [0.3, 0.4) is 0 Å². The van der Waals surface area contributed by atoms with E-state index in [2.05, 4.69) is 4.90 Å². The van der Waals surface area contributed by atoms with Gasteiger partial charge < -0.3 is 15.6 Å². The molecule has 0 spiro atoms. The normalized spacial score (nSPS) is 21.3. The number of methoxy groups -OCH3 is 1. The van der Waals surface area contributed by atoms with E-state index in [0.29, 0.717) is 0 Å². The summed E-state index contributed by atoms with van der Waals surface area (Å²) in [5, 5.41) is 8.93. The van der Waals surface area contributed by atoms with Gasteiger partial charge in [0, 0.05) is 13.1 Å². The molecule has 0 bridgehead atoms. The number of hydrogen-bond donors (Lipinski definition) is 2. The summed E-state index contributed by atoms with van der Waals surface area (Å²) in [6.45, 7) is 2.44. The van der Waals surface area contributed by atoms with Crippen LogP contribution < -0.4 is 10.5 Å². The molecule has 1 aromatic rings. The van der Waals surface area contributed by atoms with Gasteiger partial charge >= 0.3 is 5.97 Å². The van der Waals surface area contributed by atoms with E-state index in [0.717, 1.165) is 31.8 Å². The molecule has 0 radical (unpaired) electrons. The number of carboxylic acid groups (broad SMARTS) is 1. The summed E-state index contributed by atoms with van der Waals surface area (Å²) in [4.78, 5) is 13.1. The Morgan fingerprint density at radius 2 is 2.42 bits per heavy atom. The highest BCUT2D eigenvalue weighted by molar-refractivity contribution is 5.73. The summed E-state index contributed by atoms with van der Waals surface area (Å²) in [6, 6.07) is 7.17. The van der Waals surface area contributed by atoms with Gasteiger partial charge in [0.25, 0.3) is 0 Å². The number of hydrogen-bond acceptors (Lipinski definition) is 4. The third kappa shape index (κ3) is 3.45. The fourth-order valence-electron chi connectivity index (χ4n) is 2.53. The van der Waals surface area contributed by atoms with Crippen molar-refractivity contribution in [3.05, 3.63) is 29.8 Å². The van der Waals surface area contributed by atoms with E-state index in [4.69, 9.17) is 15.6 Å². The number of ether oxygens (including phenoxy) is 1. The Kier molecular flexibility index (Phi) is 4.39. The predicted molar refractivity (Wildman–Crippen MR) is 72.0 cm³/mol. The van der Waals surface area contributed by atoms with Gasteiger partial charge in [-0.1, -0.05) is 12.1 Å². The molecule has 2 atom stereocenters. The monoisotopic (exact) mass is 264 g/mol. The van der Waals surface area contributed by atoms with E-state index < -0.39 is 12.0 Å². The number of likely N-dealkylation sites (tertiary alicyclic amines) is 1. The van der Waals surface area contributed by atoms with Gasteiger partial charge in [-0.25, -0.2) is 0 Å². The third-order valence-corrected chi connectivity index (χ3v) is 3.64. The van der Waals surface area contributed by atoms with Crippen molar-refractivity contribution in [2.45, 2.75) is 19.0 Å². The van der Waals surface area contributed by atoms with Crippen molar-refractivity contribution in [3.63, 3.8) is 0 Å². The van der Waals surface area contributed by atoms with Crippen molar-refractivity contribution in [2.75, 3.05) is 20.2 Å². The summed E-state index contributed by atoms with van der Waals surface area (Å²) in [7, 11) is 1.65. The number of benzene rings is 1. The van der Waals surface area contributed by atoms with Crippen molar-refractivity contribution >= 4 is 5.97 Å². The Hall–Kier alpha value is -1.59. The van der Waals surface area contributed by atoms with Crippen LogP contribution in [-0.4, -0.2) is 42.2 Å². The minimum atomic E-state index is -0.909. The molecule has 1 aromatic carbocycles. The fourth-order valence-corrected chi connectivity index (χ4v) is 2.53. The summed E-state index contributed by atoms with van der Waals surface area (Å²) in [5.41, 5.74) is 6.85. The Labute approximate surface area is 113 Å². The molecule has 1 fully saturated rings. The molecule has 5 heteroatoms. The number of nitrogens with two attached hydrogens (primary N) is 1. The number of rotatable bonds is 5. The molecule has 19 heavy (non-hydrogen) atoms. The Morgan fingerprint density at radius 1 is 1.63 bits per heavy atom. The Balaban J connectivity index is 1.92. The second kappa shape index (κ2) is 6.04. The summed E-state index contributed by atoms with van der Waals surface area (Å²) in [6.07, 6.45) is 0.845. The topological polar surface area (TPSA) is 75.8 Å². The molecule has 3 N–H and O–H groups in total. The number of carbonyl (C=O) groups is 1. The SMILES string of the molecule is COc1cccc(CN2CCC(C(N)C(=O)O)C2)c1. The largest absolute Gasteiger partial charge is 0.497 e. The molecular formula is C14H20N2O3. The van der Waals surface area contributed by atoms with Crippen LogP contribution in [0.1, 0.15) is 12.0 Å². The predicted octanol–water partition coefficient (Wildman–Crippen LogP) is 0.929. The molecule has 2 rings (SSSR count). The van der Waals surface area contributed by atoms with Gasteiger partial charge in [0.15, 0.2) is 0 Å². The highest BCUT2D eigenvalue weighted by Gasteiger charge is 2.31. The fraction of sp³-hybridized carbons (Fsp3) is 0.500. The minimum absolute atomic E-state index is 0.0445. The first-order valence-electron chi connectivity index (χ1n) is 6.44. The van der Waals surface area contributed by atoms with Crippen LogP contribution in [0, 0.1) is 5.92 Å². The highest BCUT2D eigenvalue weighted by Crippen LogP contribution is 2.22. The highest BCUT2D eigenvalue weighted by atomic mass is 16.5. The van der Waals surface area contributed by atoms with E-state index in [9.17, 15) is 4.79 Å². The van der Waals surface area contributed by atoms with E-state index in [1.807, 2.05) is 24.3 Å². The Bertz CT molecular complexity index is 450. The average Bonchev–Trinajstić information content (AvgIpc) is 2.86. The molecule has 0 amide bonds. The van der Waals surface area contributed by atoms with Crippen molar-refractivity contribution in [1.82, 2.24) is 4.90 Å². The van der Waals surface area contributed by atoms with E-state index >= 15 is 0 Å².